The maximum absolute atomic E-state index is 11.0. The Morgan fingerprint density at radius 2 is 2.31 bits per heavy atom. The predicted molar refractivity (Wildman–Crippen MR) is 55.3 cm³/mol. The smallest absolute Gasteiger partial charge is 0.356 e. The first-order valence-corrected chi connectivity index (χ1v) is 5.38. The van der Waals surface area contributed by atoms with Gasteiger partial charge in [0.15, 0.2) is 5.69 Å². The molecule has 2 heterocycles. The van der Waals surface area contributed by atoms with Crippen molar-refractivity contribution < 1.29 is 9.90 Å². The largest absolute Gasteiger partial charge is 0.476 e. The molecule has 3 rings (SSSR count). The highest BCUT2D eigenvalue weighted by atomic mass is 16.4. The molecule has 0 atom stereocenters. The average Bonchev–Trinajstić information content (AvgIpc) is 2.71. The lowest BCUT2D eigenvalue weighted by Gasteiger charge is -2.25. The third kappa shape index (κ3) is 1.30. The van der Waals surface area contributed by atoms with E-state index < -0.39 is 5.97 Å². The Balaban J connectivity index is 2.02. The van der Waals surface area contributed by atoms with Crippen molar-refractivity contribution in [2.75, 3.05) is 0 Å². The Morgan fingerprint density at radius 1 is 1.50 bits per heavy atom. The zero-order valence-electron chi connectivity index (χ0n) is 8.70. The van der Waals surface area contributed by atoms with Crippen LogP contribution in [0, 0.1) is 5.92 Å². The van der Waals surface area contributed by atoms with Crippen molar-refractivity contribution in [3.63, 3.8) is 0 Å². The molecule has 0 bridgehead atoms. The van der Waals surface area contributed by atoms with Crippen LogP contribution in [0.3, 0.4) is 0 Å². The first kappa shape index (κ1) is 9.38. The van der Waals surface area contributed by atoms with E-state index in [4.69, 9.17) is 5.11 Å². The van der Waals surface area contributed by atoms with Crippen LogP contribution in [0.5, 0.6) is 0 Å². The normalized spacial score (nSPS) is 16.5. The van der Waals surface area contributed by atoms with Crippen molar-refractivity contribution in [2.24, 2.45) is 5.92 Å². The molecule has 1 aliphatic carbocycles. The zero-order valence-corrected chi connectivity index (χ0v) is 8.70. The highest BCUT2D eigenvalue weighted by molar-refractivity contribution is 5.86. The van der Waals surface area contributed by atoms with Gasteiger partial charge >= 0.3 is 5.97 Å². The van der Waals surface area contributed by atoms with Gasteiger partial charge in [-0.15, -0.1) is 0 Å². The van der Waals surface area contributed by atoms with Gasteiger partial charge in [-0.05, 0) is 18.8 Å². The van der Waals surface area contributed by atoms with Crippen LogP contribution >= 0.6 is 0 Å². The highest BCUT2D eigenvalue weighted by Crippen LogP contribution is 2.27. The van der Waals surface area contributed by atoms with Gasteiger partial charge in [0.2, 0.25) is 0 Å². The number of aromatic nitrogens is 4. The molecule has 2 aromatic rings. The minimum atomic E-state index is -0.970. The maximum Gasteiger partial charge on any atom is 0.356 e. The number of hydrogen-bond donors (Lipinski definition) is 1. The lowest BCUT2D eigenvalue weighted by molar-refractivity contribution is 0.0685. The Kier molecular flexibility index (Phi) is 1.95. The van der Waals surface area contributed by atoms with Crippen molar-refractivity contribution in [1.29, 1.82) is 0 Å². The second-order valence-corrected chi connectivity index (χ2v) is 4.22. The number of imidazole rings is 1. The Labute approximate surface area is 91.5 Å². The van der Waals surface area contributed by atoms with Crippen molar-refractivity contribution in [3.05, 3.63) is 18.2 Å². The molecular formula is C10H12N4O2. The quantitative estimate of drug-likeness (QED) is 0.838. The third-order valence-corrected chi connectivity index (χ3v) is 3.17. The van der Waals surface area contributed by atoms with E-state index in [2.05, 4.69) is 9.97 Å². The van der Waals surface area contributed by atoms with Crippen LogP contribution in [0.25, 0.3) is 5.78 Å². The van der Waals surface area contributed by atoms with Crippen LogP contribution in [-0.2, 0) is 6.54 Å². The summed E-state index contributed by atoms with van der Waals surface area (Å²) in [5.74, 6) is 0.140. The Bertz CT molecular complexity index is 538. The van der Waals surface area contributed by atoms with Crippen molar-refractivity contribution in [1.82, 2.24) is 19.2 Å². The molecule has 0 saturated heterocycles. The standard InChI is InChI=1S/C10H12N4O2/c15-9(16)8-4-11-10-12-6-13(14(8)10)5-7-2-1-3-7/h4,6-7H,1-3,5H2,(H,15,16). The number of rotatable bonds is 3. The molecule has 1 saturated carbocycles. The molecule has 1 fully saturated rings. The number of nitrogens with zero attached hydrogens (tertiary/aromatic N) is 4. The van der Waals surface area contributed by atoms with Crippen LogP contribution < -0.4 is 0 Å². The number of aromatic carboxylic acids is 1. The maximum atomic E-state index is 11.0. The molecule has 6 nitrogen and oxygen atoms in total. The van der Waals surface area contributed by atoms with Gasteiger partial charge in [-0.3, -0.25) is 4.68 Å². The van der Waals surface area contributed by atoms with Gasteiger partial charge in [-0.25, -0.2) is 14.3 Å². The van der Waals surface area contributed by atoms with Crippen LogP contribution in [0.1, 0.15) is 29.8 Å². The van der Waals surface area contributed by atoms with Crippen LogP contribution in [-0.4, -0.2) is 30.2 Å². The summed E-state index contributed by atoms with van der Waals surface area (Å²) in [6.07, 6.45) is 6.72. The second-order valence-electron chi connectivity index (χ2n) is 4.22. The number of hydrogen-bond acceptors (Lipinski definition) is 3. The summed E-state index contributed by atoms with van der Waals surface area (Å²) in [5, 5.41) is 9.02. The first-order valence-electron chi connectivity index (χ1n) is 5.38. The van der Waals surface area contributed by atoms with E-state index in [-0.39, 0.29) is 5.69 Å². The molecule has 16 heavy (non-hydrogen) atoms. The van der Waals surface area contributed by atoms with Crippen molar-refractivity contribution in [2.45, 2.75) is 25.8 Å². The molecule has 0 unspecified atom stereocenters. The monoisotopic (exact) mass is 220 g/mol. The fourth-order valence-corrected chi connectivity index (χ4v) is 2.06. The molecule has 84 valence electrons. The molecule has 1 aliphatic rings. The predicted octanol–water partition coefficient (Wildman–Crippen LogP) is 1.03. The second kappa shape index (κ2) is 3.33. The SMILES string of the molecule is O=C(O)c1cnc2ncn(CC3CCC3)n12. The van der Waals surface area contributed by atoms with Gasteiger partial charge < -0.3 is 5.11 Å². The number of fused-ring (bicyclic) bond motifs is 1. The third-order valence-electron chi connectivity index (χ3n) is 3.17. The summed E-state index contributed by atoms with van der Waals surface area (Å²) in [4.78, 5) is 19.0. The minimum Gasteiger partial charge on any atom is -0.476 e. The minimum absolute atomic E-state index is 0.173. The summed E-state index contributed by atoms with van der Waals surface area (Å²) >= 11 is 0. The van der Waals surface area contributed by atoms with Crippen LogP contribution in [0.15, 0.2) is 12.5 Å². The van der Waals surface area contributed by atoms with Crippen molar-refractivity contribution >= 4 is 11.7 Å². The molecule has 0 aromatic carbocycles. The molecule has 0 spiro atoms. The van der Waals surface area contributed by atoms with E-state index in [9.17, 15) is 4.79 Å². The summed E-state index contributed by atoms with van der Waals surface area (Å²) < 4.78 is 3.41. The van der Waals surface area contributed by atoms with Gasteiger partial charge in [0.05, 0.1) is 6.20 Å². The van der Waals surface area contributed by atoms with E-state index in [1.165, 1.54) is 25.5 Å². The molecule has 6 heteroatoms. The molecule has 0 aliphatic heterocycles. The summed E-state index contributed by atoms with van der Waals surface area (Å²) in [5.41, 5.74) is 0.173. The van der Waals surface area contributed by atoms with E-state index in [0.717, 1.165) is 6.54 Å². The van der Waals surface area contributed by atoms with Gasteiger partial charge in [-0.2, -0.15) is 4.98 Å². The zero-order chi connectivity index (χ0) is 11.1. The molecule has 1 N–H and O–H groups in total. The summed E-state index contributed by atoms with van der Waals surface area (Å²) in [6, 6.07) is 0. The fraction of sp³-hybridized carbons (Fsp3) is 0.500. The van der Waals surface area contributed by atoms with E-state index in [0.29, 0.717) is 11.7 Å². The first-order chi connectivity index (χ1) is 7.75. The van der Waals surface area contributed by atoms with Crippen LogP contribution in [0.4, 0.5) is 0 Å². The summed E-state index contributed by atoms with van der Waals surface area (Å²) in [6.45, 7) is 0.827. The lowest BCUT2D eigenvalue weighted by atomic mass is 9.85. The van der Waals surface area contributed by atoms with Crippen LogP contribution in [0.2, 0.25) is 0 Å². The molecule has 2 aromatic heterocycles. The molecule has 0 amide bonds. The molecular weight excluding hydrogens is 208 g/mol. The average molecular weight is 220 g/mol. The van der Waals surface area contributed by atoms with Gasteiger partial charge in [0.1, 0.15) is 6.33 Å². The van der Waals surface area contributed by atoms with Gasteiger partial charge in [0, 0.05) is 6.54 Å². The molecule has 0 radical (unpaired) electrons. The Morgan fingerprint density at radius 3 is 2.94 bits per heavy atom. The fourth-order valence-electron chi connectivity index (χ4n) is 2.06. The summed E-state index contributed by atoms with van der Waals surface area (Å²) in [7, 11) is 0. The van der Waals surface area contributed by atoms with E-state index in [1.807, 2.05) is 4.68 Å². The van der Waals surface area contributed by atoms with E-state index >= 15 is 0 Å². The van der Waals surface area contributed by atoms with Gasteiger partial charge in [0.25, 0.3) is 5.78 Å². The van der Waals surface area contributed by atoms with Gasteiger partial charge in [-0.1, -0.05) is 6.42 Å². The number of carboxylic acids is 1. The topological polar surface area (TPSA) is 72.4 Å². The number of carbonyl (C=O) groups is 1. The lowest BCUT2D eigenvalue weighted by Crippen LogP contribution is -2.21. The number of carboxylic acid groups (broad SMARTS) is 1. The Hall–Kier alpha value is -1.85. The highest BCUT2D eigenvalue weighted by Gasteiger charge is 2.21. The van der Waals surface area contributed by atoms with Crippen molar-refractivity contribution in [3.8, 4) is 0 Å². The van der Waals surface area contributed by atoms with E-state index in [1.54, 1.807) is 10.8 Å².